The lowest BCUT2D eigenvalue weighted by Gasteiger charge is -2.33. The van der Waals surface area contributed by atoms with Crippen molar-refractivity contribution in [3.05, 3.63) is 11.6 Å². The quantitative estimate of drug-likeness (QED) is 0.613. The van der Waals surface area contributed by atoms with Crippen molar-refractivity contribution in [2.45, 2.75) is 57.7 Å². The number of nitrogens with one attached hydrogen (secondary N) is 1. The van der Waals surface area contributed by atoms with E-state index >= 15 is 0 Å². The van der Waals surface area contributed by atoms with Crippen LogP contribution in [-0.4, -0.2) is 34.9 Å². The van der Waals surface area contributed by atoms with E-state index < -0.39 is 26.4 Å². The first-order chi connectivity index (χ1) is 8.41. The Balaban J connectivity index is 3.04. The largest absolute Gasteiger partial charge is 0.464 e. The van der Waals surface area contributed by atoms with E-state index in [1.807, 2.05) is 13.8 Å². The van der Waals surface area contributed by atoms with Crippen molar-refractivity contribution in [3.8, 4) is 0 Å². The van der Waals surface area contributed by atoms with Gasteiger partial charge in [-0.3, -0.25) is 0 Å². The van der Waals surface area contributed by atoms with Crippen molar-refractivity contribution in [1.29, 1.82) is 0 Å². The number of amides is 1. The molecule has 6 nitrogen and oxygen atoms in total. The zero-order valence-corrected chi connectivity index (χ0v) is 12.8. The molecule has 7 heteroatoms. The third-order valence-corrected chi connectivity index (χ3v) is 4.92. The molecular weight excluding hydrogens is 268 g/mol. The summed E-state index contributed by atoms with van der Waals surface area (Å²) >= 11 is 0. The third kappa shape index (κ3) is 3.48. The first-order valence-corrected chi connectivity index (χ1v) is 7.61. The lowest BCUT2D eigenvalue weighted by molar-refractivity contribution is 0.0855. The van der Waals surface area contributed by atoms with Gasteiger partial charge < -0.3 is 5.11 Å². The second-order valence-corrected chi connectivity index (χ2v) is 8.17. The molecule has 0 radical (unpaired) electrons. The molecule has 0 saturated heterocycles. The predicted octanol–water partition coefficient (Wildman–Crippen LogP) is 2.10. The van der Waals surface area contributed by atoms with E-state index in [9.17, 15) is 13.2 Å². The molecule has 0 aromatic carbocycles. The van der Waals surface area contributed by atoms with Crippen LogP contribution in [0.5, 0.6) is 0 Å². The van der Waals surface area contributed by atoms with Crippen LogP contribution in [0.4, 0.5) is 4.79 Å². The molecule has 110 valence electrons. The van der Waals surface area contributed by atoms with Crippen LogP contribution in [0.15, 0.2) is 11.6 Å². The van der Waals surface area contributed by atoms with Crippen molar-refractivity contribution in [1.82, 2.24) is 9.84 Å². The summed E-state index contributed by atoms with van der Waals surface area (Å²) in [5.74, 6) is 0. The average molecular weight is 290 g/mol. The summed E-state index contributed by atoms with van der Waals surface area (Å²) in [6, 6.07) is 0. The highest BCUT2D eigenvalue weighted by molar-refractivity contribution is 7.91. The zero-order valence-electron chi connectivity index (χ0n) is 12.0. The van der Waals surface area contributed by atoms with Crippen LogP contribution < -0.4 is 4.83 Å². The molecule has 2 N–H and O–H groups in total. The fraction of sp³-hybridized carbons (Fsp3) is 0.750. The minimum absolute atomic E-state index is 0.519. The van der Waals surface area contributed by atoms with E-state index in [1.165, 1.54) is 0 Å². The Bertz CT molecular complexity index is 494. The van der Waals surface area contributed by atoms with Gasteiger partial charge in [0.15, 0.2) is 0 Å². The average Bonchev–Trinajstić information content (AvgIpc) is 2.92. The van der Waals surface area contributed by atoms with Crippen LogP contribution in [0.2, 0.25) is 0 Å². The minimum Gasteiger partial charge on any atom is -0.464 e. The maximum atomic E-state index is 12.4. The Morgan fingerprint density at radius 2 is 1.79 bits per heavy atom. The van der Waals surface area contributed by atoms with Gasteiger partial charge in [0.1, 0.15) is 4.75 Å². The van der Waals surface area contributed by atoms with Crippen molar-refractivity contribution in [2.24, 2.45) is 0 Å². The molecule has 1 fully saturated rings. The number of carboxylic acid groups (broad SMARTS) is 1. The van der Waals surface area contributed by atoms with Crippen molar-refractivity contribution >= 4 is 16.1 Å². The monoisotopic (exact) mass is 290 g/mol. The highest BCUT2D eigenvalue weighted by atomic mass is 32.2. The predicted molar refractivity (Wildman–Crippen MR) is 73.1 cm³/mol. The second-order valence-electron chi connectivity index (χ2n) is 6.17. The smallest absolute Gasteiger partial charge is 0.423 e. The fourth-order valence-corrected chi connectivity index (χ4v) is 3.62. The summed E-state index contributed by atoms with van der Waals surface area (Å²) < 4.78 is 23.7. The molecule has 0 unspecified atom stereocenters. The Hall–Kier alpha value is -1.08. The highest BCUT2D eigenvalue weighted by Gasteiger charge is 2.54. The molecule has 0 aromatic heterocycles. The number of hydrogen-bond donors (Lipinski definition) is 2. The molecule has 1 amide bonds. The van der Waals surface area contributed by atoms with Gasteiger partial charge in [0.2, 0.25) is 10.0 Å². The van der Waals surface area contributed by atoms with Crippen LogP contribution in [0.1, 0.15) is 47.5 Å². The number of allylic oxidation sites excluding steroid dienone is 1. The van der Waals surface area contributed by atoms with Crippen LogP contribution in [0, 0.1) is 0 Å². The van der Waals surface area contributed by atoms with Crippen LogP contribution in [-0.2, 0) is 10.0 Å². The maximum absolute atomic E-state index is 12.4. The van der Waals surface area contributed by atoms with Gasteiger partial charge in [-0.1, -0.05) is 11.6 Å². The normalized spacial score (nSPS) is 17.7. The summed E-state index contributed by atoms with van der Waals surface area (Å²) in [7, 11) is -3.75. The van der Waals surface area contributed by atoms with Crippen LogP contribution >= 0.6 is 0 Å². The van der Waals surface area contributed by atoms with Crippen LogP contribution in [0.25, 0.3) is 0 Å². The molecule has 0 bridgehead atoms. The summed E-state index contributed by atoms with van der Waals surface area (Å²) in [6.07, 6.45) is 1.41. The number of hydrogen-bond acceptors (Lipinski definition) is 3. The molecule has 0 aromatic rings. The van der Waals surface area contributed by atoms with E-state index in [2.05, 4.69) is 4.83 Å². The molecule has 1 aliphatic carbocycles. The van der Waals surface area contributed by atoms with Crippen molar-refractivity contribution in [2.75, 3.05) is 0 Å². The summed E-state index contributed by atoms with van der Waals surface area (Å²) in [5, 5.41) is 9.86. The standard InChI is InChI=1S/C12H22N2O4S/c1-9(2)8-12(6-7-12)19(17,18)13-14(10(15)16)11(3,4)5/h8,13H,6-7H2,1-5H3,(H,15,16). The van der Waals surface area contributed by atoms with E-state index in [0.29, 0.717) is 12.8 Å². The Labute approximate surface area is 114 Å². The Morgan fingerprint density at radius 1 is 1.32 bits per heavy atom. The molecule has 0 atom stereocenters. The van der Waals surface area contributed by atoms with E-state index in [-0.39, 0.29) is 0 Å². The Kier molecular flexibility index (Phi) is 4.03. The van der Waals surface area contributed by atoms with E-state index in [4.69, 9.17) is 5.11 Å². The number of sulfonamides is 1. The van der Waals surface area contributed by atoms with Gasteiger partial charge in [0.25, 0.3) is 0 Å². The van der Waals surface area contributed by atoms with E-state index in [1.54, 1.807) is 26.8 Å². The lowest BCUT2D eigenvalue weighted by atomic mass is 10.1. The number of hydrazine groups is 1. The molecule has 19 heavy (non-hydrogen) atoms. The molecular formula is C12H22N2O4S. The zero-order chi connectivity index (χ0) is 15.1. The third-order valence-electron chi connectivity index (χ3n) is 2.90. The molecule has 0 spiro atoms. The second kappa shape index (κ2) is 4.79. The molecule has 0 heterocycles. The maximum Gasteiger partial charge on any atom is 0.423 e. The SMILES string of the molecule is CC(C)=CC1(S(=O)(=O)NN(C(=O)O)C(C)(C)C)CC1. The summed E-state index contributed by atoms with van der Waals surface area (Å²) in [5.41, 5.74) is 0.0560. The topological polar surface area (TPSA) is 86.7 Å². The fourth-order valence-electron chi connectivity index (χ4n) is 1.81. The number of carbonyl (C=O) groups is 1. The summed E-state index contributed by atoms with van der Waals surface area (Å²) in [6.45, 7) is 8.54. The lowest BCUT2D eigenvalue weighted by Crippen LogP contribution is -2.57. The molecule has 1 saturated carbocycles. The van der Waals surface area contributed by atoms with Crippen molar-refractivity contribution in [3.63, 3.8) is 0 Å². The number of rotatable bonds is 4. The van der Waals surface area contributed by atoms with Gasteiger partial charge in [0.05, 0.1) is 5.54 Å². The molecule has 0 aliphatic heterocycles. The van der Waals surface area contributed by atoms with Gasteiger partial charge in [-0.25, -0.2) is 18.2 Å². The first kappa shape index (κ1) is 16.0. The van der Waals surface area contributed by atoms with Gasteiger partial charge in [-0.15, -0.1) is 4.83 Å². The summed E-state index contributed by atoms with van der Waals surface area (Å²) in [4.78, 5) is 13.4. The van der Waals surface area contributed by atoms with Gasteiger partial charge >= 0.3 is 6.09 Å². The van der Waals surface area contributed by atoms with Gasteiger partial charge in [-0.05, 0) is 47.5 Å². The van der Waals surface area contributed by atoms with Crippen molar-refractivity contribution < 1.29 is 18.3 Å². The van der Waals surface area contributed by atoms with Gasteiger partial charge in [-0.2, -0.15) is 0 Å². The number of nitrogens with zero attached hydrogens (tertiary/aromatic N) is 1. The minimum atomic E-state index is -3.75. The Morgan fingerprint density at radius 3 is 2.05 bits per heavy atom. The van der Waals surface area contributed by atoms with Crippen LogP contribution in [0.3, 0.4) is 0 Å². The molecule has 1 rings (SSSR count). The van der Waals surface area contributed by atoms with Gasteiger partial charge in [0, 0.05) is 0 Å². The highest BCUT2D eigenvalue weighted by Crippen LogP contribution is 2.45. The first-order valence-electron chi connectivity index (χ1n) is 6.12. The molecule has 1 aliphatic rings. The van der Waals surface area contributed by atoms with E-state index in [0.717, 1.165) is 10.6 Å².